The maximum absolute atomic E-state index is 12.5. The molecule has 0 radical (unpaired) electrons. The van der Waals surface area contributed by atoms with Gasteiger partial charge in [0.1, 0.15) is 0 Å². The highest BCUT2D eigenvalue weighted by Gasteiger charge is 2.27. The van der Waals surface area contributed by atoms with Crippen LogP contribution in [-0.4, -0.2) is 44.9 Å². The van der Waals surface area contributed by atoms with Crippen LogP contribution in [0, 0.1) is 6.92 Å². The zero-order valence-electron chi connectivity index (χ0n) is 17.0. The van der Waals surface area contributed by atoms with Crippen LogP contribution in [0.2, 0.25) is 0 Å². The van der Waals surface area contributed by atoms with E-state index in [0.717, 1.165) is 51.0 Å². The van der Waals surface area contributed by atoms with E-state index in [1.54, 1.807) is 0 Å². The Labute approximate surface area is 166 Å². The first-order chi connectivity index (χ1) is 13.6. The van der Waals surface area contributed by atoms with E-state index in [1.807, 2.05) is 24.0 Å². The molecule has 1 amide bonds. The normalized spacial score (nSPS) is 21.7. The van der Waals surface area contributed by atoms with E-state index in [0.29, 0.717) is 11.7 Å². The summed E-state index contributed by atoms with van der Waals surface area (Å²) in [7, 11) is 1.98. The van der Waals surface area contributed by atoms with Gasteiger partial charge >= 0.3 is 0 Å². The number of nitrogens with one attached hydrogen (secondary N) is 1. The van der Waals surface area contributed by atoms with Crippen molar-refractivity contribution in [3.05, 3.63) is 35.0 Å². The second-order valence-corrected chi connectivity index (χ2v) is 8.38. The molecule has 1 aliphatic carbocycles. The highest BCUT2D eigenvalue weighted by atomic mass is 16.5. The van der Waals surface area contributed by atoms with Crippen LogP contribution in [0.5, 0.6) is 0 Å². The molecule has 2 aromatic rings. The SMILES string of the molecule is Cc1c(CN2CCC[C@@H](c3cc(C(=O)NC4CCCCC4)on3)C2)cnn1C. The third kappa shape index (κ3) is 4.29. The van der Waals surface area contributed by atoms with Crippen molar-refractivity contribution in [1.29, 1.82) is 0 Å². The van der Waals surface area contributed by atoms with Crippen molar-refractivity contribution in [2.75, 3.05) is 13.1 Å². The van der Waals surface area contributed by atoms with Gasteiger partial charge in [-0.25, -0.2) is 0 Å². The largest absolute Gasteiger partial charge is 0.351 e. The number of hydrogen-bond acceptors (Lipinski definition) is 5. The molecule has 1 saturated carbocycles. The predicted octanol–water partition coefficient (Wildman–Crippen LogP) is 3.16. The number of hydrogen-bond donors (Lipinski definition) is 1. The fraction of sp³-hybridized carbons (Fsp3) is 0.667. The molecule has 0 spiro atoms. The molecule has 1 saturated heterocycles. The Morgan fingerprint density at radius 1 is 1.25 bits per heavy atom. The molecule has 2 aliphatic rings. The average Bonchev–Trinajstić information content (AvgIpc) is 3.32. The van der Waals surface area contributed by atoms with E-state index in [-0.39, 0.29) is 11.9 Å². The molecular formula is C21H31N5O2. The zero-order valence-corrected chi connectivity index (χ0v) is 17.0. The monoisotopic (exact) mass is 385 g/mol. The van der Waals surface area contributed by atoms with E-state index in [2.05, 4.69) is 27.4 Å². The molecule has 0 unspecified atom stereocenters. The number of aryl methyl sites for hydroxylation is 1. The van der Waals surface area contributed by atoms with Gasteiger partial charge in [0.15, 0.2) is 0 Å². The number of aromatic nitrogens is 3. The van der Waals surface area contributed by atoms with Gasteiger partial charge in [-0.2, -0.15) is 5.10 Å². The number of rotatable bonds is 5. The lowest BCUT2D eigenvalue weighted by Gasteiger charge is -2.31. The second-order valence-electron chi connectivity index (χ2n) is 8.38. The van der Waals surface area contributed by atoms with Crippen LogP contribution < -0.4 is 5.32 Å². The summed E-state index contributed by atoms with van der Waals surface area (Å²) < 4.78 is 7.33. The molecule has 28 heavy (non-hydrogen) atoms. The minimum atomic E-state index is -0.121. The van der Waals surface area contributed by atoms with Crippen molar-refractivity contribution >= 4 is 5.91 Å². The number of piperidine rings is 1. The van der Waals surface area contributed by atoms with E-state index in [4.69, 9.17) is 4.52 Å². The number of carbonyl (C=O) groups is 1. The molecule has 0 bridgehead atoms. The third-order valence-electron chi connectivity index (χ3n) is 6.35. The first-order valence-electron chi connectivity index (χ1n) is 10.6. The molecule has 7 nitrogen and oxygen atoms in total. The summed E-state index contributed by atoms with van der Waals surface area (Å²) in [5.41, 5.74) is 3.39. The quantitative estimate of drug-likeness (QED) is 0.856. The van der Waals surface area contributed by atoms with Gasteiger partial charge in [-0.1, -0.05) is 24.4 Å². The van der Waals surface area contributed by atoms with E-state index < -0.39 is 0 Å². The van der Waals surface area contributed by atoms with Gasteiger partial charge in [-0.3, -0.25) is 14.4 Å². The third-order valence-corrected chi connectivity index (χ3v) is 6.35. The Kier molecular flexibility index (Phi) is 5.80. The van der Waals surface area contributed by atoms with Gasteiger partial charge in [-0.05, 0) is 39.2 Å². The number of carbonyl (C=O) groups excluding carboxylic acids is 1. The highest BCUT2D eigenvalue weighted by molar-refractivity contribution is 5.91. The minimum Gasteiger partial charge on any atom is -0.351 e. The summed E-state index contributed by atoms with van der Waals surface area (Å²) in [6, 6.07) is 2.13. The minimum absolute atomic E-state index is 0.121. The first-order valence-corrected chi connectivity index (χ1v) is 10.6. The van der Waals surface area contributed by atoms with Gasteiger partial charge in [0.05, 0.1) is 11.9 Å². The van der Waals surface area contributed by atoms with Crippen LogP contribution in [0.25, 0.3) is 0 Å². The zero-order chi connectivity index (χ0) is 19.5. The summed E-state index contributed by atoms with van der Waals surface area (Å²) in [5.74, 6) is 0.538. The van der Waals surface area contributed by atoms with Crippen molar-refractivity contribution in [3.63, 3.8) is 0 Å². The average molecular weight is 386 g/mol. The Morgan fingerprint density at radius 3 is 2.82 bits per heavy atom. The van der Waals surface area contributed by atoms with Crippen LogP contribution in [0.15, 0.2) is 16.8 Å². The molecule has 2 aromatic heterocycles. The lowest BCUT2D eigenvalue weighted by Crippen LogP contribution is -2.36. The molecular weight excluding hydrogens is 354 g/mol. The fourth-order valence-corrected chi connectivity index (χ4v) is 4.47. The molecule has 7 heteroatoms. The van der Waals surface area contributed by atoms with Crippen molar-refractivity contribution in [2.45, 2.75) is 70.4 Å². The standard InChI is InChI=1S/C21H31N5O2/c1-15-17(12-22-25(15)2)14-26-10-6-7-16(13-26)19-11-20(28-24-19)21(27)23-18-8-4-3-5-9-18/h11-12,16,18H,3-10,13-14H2,1-2H3,(H,23,27)/t16-/m1/s1. The Bertz CT molecular complexity index is 806. The van der Waals surface area contributed by atoms with Crippen molar-refractivity contribution in [3.8, 4) is 0 Å². The molecule has 0 aromatic carbocycles. The molecule has 1 aliphatic heterocycles. The lowest BCUT2D eigenvalue weighted by atomic mass is 9.94. The lowest BCUT2D eigenvalue weighted by molar-refractivity contribution is 0.0890. The molecule has 4 rings (SSSR count). The first kappa shape index (κ1) is 19.2. The van der Waals surface area contributed by atoms with Crippen molar-refractivity contribution in [1.82, 2.24) is 25.2 Å². The topological polar surface area (TPSA) is 76.2 Å². The van der Waals surface area contributed by atoms with Crippen LogP contribution in [-0.2, 0) is 13.6 Å². The van der Waals surface area contributed by atoms with Crippen LogP contribution >= 0.6 is 0 Å². The Hall–Kier alpha value is -2.15. The van der Waals surface area contributed by atoms with Gasteiger partial charge in [0.25, 0.3) is 5.91 Å². The number of likely N-dealkylation sites (tertiary alicyclic amines) is 1. The summed E-state index contributed by atoms with van der Waals surface area (Å²) in [4.78, 5) is 14.9. The Balaban J connectivity index is 1.36. The maximum atomic E-state index is 12.5. The van der Waals surface area contributed by atoms with Gasteiger partial charge in [0.2, 0.25) is 5.76 Å². The summed E-state index contributed by atoms with van der Waals surface area (Å²) in [5, 5.41) is 11.7. The van der Waals surface area contributed by atoms with Gasteiger partial charge in [0, 0.05) is 49.4 Å². The Morgan fingerprint density at radius 2 is 2.07 bits per heavy atom. The summed E-state index contributed by atoms with van der Waals surface area (Å²) in [6.07, 6.45) is 9.97. The number of nitrogens with zero attached hydrogens (tertiary/aromatic N) is 4. The van der Waals surface area contributed by atoms with Crippen LogP contribution in [0.1, 0.15) is 78.4 Å². The molecule has 1 atom stereocenters. The van der Waals surface area contributed by atoms with Gasteiger partial charge in [-0.15, -0.1) is 0 Å². The van der Waals surface area contributed by atoms with Crippen molar-refractivity contribution in [2.24, 2.45) is 7.05 Å². The predicted molar refractivity (Wildman–Crippen MR) is 106 cm³/mol. The van der Waals surface area contributed by atoms with Crippen LogP contribution in [0.3, 0.4) is 0 Å². The van der Waals surface area contributed by atoms with Crippen LogP contribution in [0.4, 0.5) is 0 Å². The van der Waals surface area contributed by atoms with E-state index in [1.165, 1.54) is 30.5 Å². The molecule has 3 heterocycles. The second kappa shape index (κ2) is 8.47. The van der Waals surface area contributed by atoms with Gasteiger partial charge < -0.3 is 9.84 Å². The van der Waals surface area contributed by atoms with Crippen molar-refractivity contribution < 1.29 is 9.32 Å². The van der Waals surface area contributed by atoms with E-state index >= 15 is 0 Å². The van der Waals surface area contributed by atoms with E-state index in [9.17, 15) is 4.79 Å². The summed E-state index contributed by atoms with van der Waals surface area (Å²) in [6.45, 7) is 5.03. The molecule has 2 fully saturated rings. The maximum Gasteiger partial charge on any atom is 0.290 e. The molecule has 1 N–H and O–H groups in total. The fourth-order valence-electron chi connectivity index (χ4n) is 4.47. The highest BCUT2D eigenvalue weighted by Crippen LogP contribution is 2.28. The molecule has 152 valence electrons. The number of amides is 1. The summed E-state index contributed by atoms with van der Waals surface area (Å²) >= 11 is 0. The smallest absolute Gasteiger partial charge is 0.290 e.